The first-order chi connectivity index (χ1) is 12.1. The second-order valence-corrected chi connectivity index (χ2v) is 8.06. The van der Waals surface area contributed by atoms with Gasteiger partial charge in [-0.05, 0) is 55.7 Å². The lowest BCUT2D eigenvalue weighted by Gasteiger charge is -2.18. The highest BCUT2D eigenvalue weighted by molar-refractivity contribution is 7.92. The summed E-state index contributed by atoms with van der Waals surface area (Å²) in [6.07, 6.45) is 4.63. The van der Waals surface area contributed by atoms with E-state index >= 15 is 0 Å². The summed E-state index contributed by atoms with van der Waals surface area (Å²) < 4.78 is 26.0. The topological polar surface area (TPSA) is 74.3 Å². The summed E-state index contributed by atoms with van der Waals surface area (Å²) in [5.41, 5.74) is 2.68. The van der Waals surface area contributed by atoms with Crippen LogP contribution in [0.25, 0.3) is 0 Å². The lowest BCUT2D eigenvalue weighted by molar-refractivity contribution is 0.600. The van der Waals surface area contributed by atoms with Crippen molar-refractivity contribution in [2.75, 3.05) is 33.8 Å². The van der Waals surface area contributed by atoms with E-state index in [2.05, 4.69) is 32.1 Å². The third kappa shape index (κ3) is 4.85. The van der Waals surface area contributed by atoms with Crippen molar-refractivity contribution in [2.24, 2.45) is 0 Å². The molecule has 25 heavy (non-hydrogen) atoms. The third-order valence-electron chi connectivity index (χ3n) is 4.12. The lowest BCUT2D eigenvalue weighted by atomic mass is 10.2. The fraction of sp³-hybridized carbons (Fsp3) is 0.389. The molecule has 0 amide bonds. The molecular formula is C18H24N4O2S. The van der Waals surface area contributed by atoms with Crippen LogP contribution in [0.3, 0.4) is 0 Å². The molecule has 1 aromatic carbocycles. The van der Waals surface area contributed by atoms with Crippen LogP contribution in [0.1, 0.15) is 26.2 Å². The molecule has 134 valence electrons. The van der Waals surface area contributed by atoms with Gasteiger partial charge in [-0.3, -0.25) is 4.72 Å². The molecule has 1 aromatic heterocycles. The van der Waals surface area contributed by atoms with Crippen molar-refractivity contribution >= 4 is 32.9 Å². The van der Waals surface area contributed by atoms with E-state index in [0.29, 0.717) is 17.9 Å². The summed E-state index contributed by atoms with van der Waals surface area (Å²) in [6, 6.07) is 11.8. The second-order valence-electron chi connectivity index (χ2n) is 6.22. The van der Waals surface area contributed by atoms with E-state index in [1.165, 1.54) is 24.7 Å². The first-order valence-corrected chi connectivity index (χ1v) is 10.3. The minimum atomic E-state index is -3.28. The molecule has 7 heteroatoms. The van der Waals surface area contributed by atoms with Gasteiger partial charge in [0.25, 0.3) is 0 Å². The number of hydrogen-bond donors (Lipinski definition) is 2. The molecule has 0 bridgehead atoms. The van der Waals surface area contributed by atoms with E-state index < -0.39 is 10.0 Å². The van der Waals surface area contributed by atoms with Gasteiger partial charge in [0.15, 0.2) is 0 Å². The SMILES string of the molecule is CCCS(=O)(=O)Nc1ccc(Nc2ccc(N3CCCC3)cc2)nc1. The number of nitrogens with one attached hydrogen (secondary N) is 2. The fourth-order valence-electron chi connectivity index (χ4n) is 2.91. The van der Waals surface area contributed by atoms with Crippen LogP contribution in [0.5, 0.6) is 0 Å². The van der Waals surface area contributed by atoms with Crippen LogP contribution in [0.4, 0.5) is 22.9 Å². The molecule has 0 spiro atoms. The molecular weight excluding hydrogens is 336 g/mol. The van der Waals surface area contributed by atoms with E-state index in [1.807, 2.05) is 19.1 Å². The van der Waals surface area contributed by atoms with Gasteiger partial charge in [-0.25, -0.2) is 13.4 Å². The van der Waals surface area contributed by atoms with E-state index in [0.717, 1.165) is 18.8 Å². The van der Waals surface area contributed by atoms with Crippen molar-refractivity contribution in [1.82, 2.24) is 4.98 Å². The predicted molar refractivity (Wildman–Crippen MR) is 103 cm³/mol. The summed E-state index contributed by atoms with van der Waals surface area (Å²) >= 11 is 0. The van der Waals surface area contributed by atoms with Crippen LogP contribution in [-0.2, 0) is 10.0 Å². The predicted octanol–water partition coefficient (Wildman–Crippen LogP) is 3.58. The molecule has 3 rings (SSSR count). The monoisotopic (exact) mass is 360 g/mol. The van der Waals surface area contributed by atoms with Crippen molar-refractivity contribution in [2.45, 2.75) is 26.2 Å². The normalized spacial score (nSPS) is 14.5. The third-order valence-corrected chi connectivity index (χ3v) is 5.61. The van der Waals surface area contributed by atoms with Gasteiger partial charge < -0.3 is 10.2 Å². The van der Waals surface area contributed by atoms with Gasteiger partial charge in [0.05, 0.1) is 17.6 Å². The number of benzene rings is 1. The van der Waals surface area contributed by atoms with Crippen LogP contribution in [-0.4, -0.2) is 32.2 Å². The van der Waals surface area contributed by atoms with Gasteiger partial charge in [0.2, 0.25) is 10.0 Å². The largest absolute Gasteiger partial charge is 0.372 e. The van der Waals surface area contributed by atoms with Gasteiger partial charge in [-0.2, -0.15) is 0 Å². The molecule has 2 aromatic rings. The molecule has 6 nitrogen and oxygen atoms in total. The number of nitrogens with zero attached hydrogens (tertiary/aromatic N) is 2. The van der Waals surface area contributed by atoms with E-state index in [-0.39, 0.29) is 5.75 Å². The van der Waals surface area contributed by atoms with Gasteiger partial charge in [0.1, 0.15) is 5.82 Å². The van der Waals surface area contributed by atoms with Gasteiger partial charge in [-0.1, -0.05) is 6.92 Å². The molecule has 1 saturated heterocycles. The van der Waals surface area contributed by atoms with E-state index in [4.69, 9.17) is 0 Å². The Morgan fingerprint density at radius 1 is 1.04 bits per heavy atom. The Balaban J connectivity index is 1.61. The molecule has 0 radical (unpaired) electrons. The highest BCUT2D eigenvalue weighted by Crippen LogP contribution is 2.23. The van der Waals surface area contributed by atoms with E-state index in [1.54, 1.807) is 12.1 Å². The average Bonchev–Trinajstić information content (AvgIpc) is 3.11. The van der Waals surface area contributed by atoms with Gasteiger partial charge in [0, 0.05) is 24.5 Å². The van der Waals surface area contributed by atoms with Gasteiger partial charge in [-0.15, -0.1) is 0 Å². The minimum absolute atomic E-state index is 0.108. The first-order valence-electron chi connectivity index (χ1n) is 8.64. The summed E-state index contributed by atoms with van der Waals surface area (Å²) in [4.78, 5) is 6.66. The highest BCUT2D eigenvalue weighted by Gasteiger charge is 2.12. The summed E-state index contributed by atoms with van der Waals surface area (Å²) in [5, 5.41) is 3.23. The molecule has 0 atom stereocenters. The molecule has 1 aliphatic heterocycles. The summed E-state index contributed by atoms with van der Waals surface area (Å²) in [5.74, 6) is 0.781. The van der Waals surface area contributed by atoms with Crippen LogP contribution < -0.4 is 14.9 Å². The Labute approximate surface area is 149 Å². The summed E-state index contributed by atoms with van der Waals surface area (Å²) in [7, 11) is -3.28. The number of anilines is 4. The Bertz CT molecular complexity index is 783. The summed E-state index contributed by atoms with van der Waals surface area (Å²) in [6.45, 7) is 4.09. The van der Waals surface area contributed by atoms with E-state index in [9.17, 15) is 8.42 Å². The number of pyridine rings is 1. The second kappa shape index (κ2) is 7.74. The van der Waals surface area contributed by atoms with Crippen molar-refractivity contribution in [1.29, 1.82) is 0 Å². The number of rotatable bonds is 7. The zero-order valence-corrected chi connectivity index (χ0v) is 15.2. The molecule has 2 heterocycles. The number of sulfonamides is 1. The van der Waals surface area contributed by atoms with Crippen molar-refractivity contribution in [3.8, 4) is 0 Å². The Hall–Kier alpha value is -2.28. The Morgan fingerprint density at radius 3 is 2.32 bits per heavy atom. The average molecular weight is 360 g/mol. The molecule has 1 aliphatic rings. The first kappa shape index (κ1) is 17.5. The van der Waals surface area contributed by atoms with Crippen LogP contribution in [0.15, 0.2) is 42.6 Å². The van der Waals surface area contributed by atoms with Crippen molar-refractivity contribution in [3.63, 3.8) is 0 Å². The van der Waals surface area contributed by atoms with Crippen LogP contribution in [0, 0.1) is 0 Å². The van der Waals surface area contributed by atoms with Crippen LogP contribution in [0.2, 0.25) is 0 Å². The highest BCUT2D eigenvalue weighted by atomic mass is 32.2. The Kier molecular flexibility index (Phi) is 5.43. The molecule has 0 unspecified atom stereocenters. The van der Waals surface area contributed by atoms with Crippen molar-refractivity contribution in [3.05, 3.63) is 42.6 Å². The maximum atomic E-state index is 11.8. The zero-order chi connectivity index (χ0) is 17.7. The number of hydrogen-bond acceptors (Lipinski definition) is 5. The molecule has 0 aliphatic carbocycles. The van der Waals surface area contributed by atoms with Gasteiger partial charge >= 0.3 is 0 Å². The maximum Gasteiger partial charge on any atom is 0.232 e. The maximum absolute atomic E-state index is 11.8. The minimum Gasteiger partial charge on any atom is -0.372 e. The lowest BCUT2D eigenvalue weighted by Crippen LogP contribution is -2.17. The molecule has 2 N–H and O–H groups in total. The smallest absolute Gasteiger partial charge is 0.232 e. The number of aromatic nitrogens is 1. The fourth-order valence-corrected chi connectivity index (χ4v) is 4.03. The molecule has 0 saturated carbocycles. The molecule has 1 fully saturated rings. The zero-order valence-electron chi connectivity index (χ0n) is 14.4. The quantitative estimate of drug-likeness (QED) is 0.789. The standard InChI is InChI=1S/C18H24N4O2S/c1-2-13-25(23,24)21-16-7-10-18(19-14-16)20-15-5-8-17(9-6-15)22-11-3-4-12-22/h5-10,14,21H,2-4,11-13H2,1H3,(H,19,20). The Morgan fingerprint density at radius 2 is 1.72 bits per heavy atom. The van der Waals surface area contributed by atoms with Crippen molar-refractivity contribution < 1.29 is 8.42 Å². The van der Waals surface area contributed by atoms with Crippen LogP contribution >= 0.6 is 0 Å².